The largest absolute Gasteiger partial charge is 0.388 e. The fraction of sp³-hybridized carbons (Fsp3) is 0.368. The maximum atomic E-state index is 12.6. The van der Waals surface area contributed by atoms with Gasteiger partial charge in [0.15, 0.2) is 0 Å². The first kappa shape index (κ1) is 17.8. The molecule has 4 rings (SSSR count). The van der Waals surface area contributed by atoms with Crippen molar-refractivity contribution in [1.29, 1.82) is 0 Å². The second-order valence-corrected chi connectivity index (χ2v) is 7.83. The summed E-state index contributed by atoms with van der Waals surface area (Å²) in [7, 11) is 0. The molecule has 140 valence electrons. The molecule has 8 heteroatoms. The minimum absolute atomic E-state index is 0.0337. The number of aryl methyl sites for hydroxylation is 1. The van der Waals surface area contributed by atoms with E-state index in [2.05, 4.69) is 20.3 Å². The Hall–Kier alpha value is -2.58. The molecule has 1 fully saturated rings. The number of carbonyl (C=O) groups is 1. The average molecular weight is 383 g/mol. The van der Waals surface area contributed by atoms with E-state index in [1.54, 1.807) is 28.5 Å². The first-order valence-corrected chi connectivity index (χ1v) is 9.78. The molecular formula is C19H21N5O2S. The van der Waals surface area contributed by atoms with Crippen LogP contribution >= 0.6 is 11.3 Å². The monoisotopic (exact) mass is 383 g/mol. The lowest BCUT2D eigenvalue weighted by atomic mass is 9.91. The van der Waals surface area contributed by atoms with Crippen LogP contribution in [-0.2, 0) is 0 Å². The van der Waals surface area contributed by atoms with Crippen molar-refractivity contribution in [2.24, 2.45) is 0 Å². The summed E-state index contributed by atoms with van der Waals surface area (Å²) in [6.07, 6.45) is 4.17. The zero-order valence-electron chi connectivity index (χ0n) is 15.1. The molecule has 1 aliphatic heterocycles. The van der Waals surface area contributed by atoms with Gasteiger partial charge in [-0.15, -0.1) is 11.3 Å². The number of fused-ring (bicyclic) bond motifs is 1. The van der Waals surface area contributed by atoms with Crippen molar-refractivity contribution >= 4 is 33.3 Å². The van der Waals surface area contributed by atoms with Gasteiger partial charge in [-0.25, -0.2) is 9.97 Å². The lowest BCUT2D eigenvalue weighted by Crippen LogP contribution is -2.50. The highest BCUT2D eigenvalue weighted by molar-refractivity contribution is 7.17. The number of nitrogens with zero attached hydrogens (tertiary/aromatic N) is 4. The molecule has 0 spiro atoms. The van der Waals surface area contributed by atoms with Crippen molar-refractivity contribution < 1.29 is 9.90 Å². The average Bonchev–Trinajstić information content (AvgIpc) is 3.16. The highest BCUT2D eigenvalue weighted by Crippen LogP contribution is 2.28. The van der Waals surface area contributed by atoms with Gasteiger partial charge >= 0.3 is 0 Å². The molecule has 27 heavy (non-hydrogen) atoms. The van der Waals surface area contributed by atoms with Crippen molar-refractivity contribution in [3.63, 3.8) is 0 Å². The number of hydrogen-bond donors (Lipinski definition) is 2. The Bertz CT molecular complexity index is 948. The number of rotatable bonds is 4. The number of likely N-dealkylation sites (tertiary alicyclic amines) is 1. The molecule has 4 heterocycles. The van der Waals surface area contributed by atoms with Crippen LogP contribution in [0.2, 0.25) is 0 Å². The number of thiophene rings is 1. The molecule has 0 unspecified atom stereocenters. The Labute approximate surface area is 161 Å². The van der Waals surface area contributed by atoms with Gasteiger partial charge in [-0.3, -0.25) is 9.78 Å². The van der Waals surface area contributed by atoms with E-state index in [0.717, 1.165) is 21.7 Å². The smallest absolute Gasteiger partial charge is 0.255 e. The maximum absolute atomic E-state index is 12.6. The summed E-state index contributed by atoms with van der Waals surface area (Å²) in [5, 5.41) is 16.1. The Morgan fingerprint density at radius 3 is 2.81 bits per heavy atom. The van der Waals surface area contributed by atoms with Crippen LogP contribution < -0.4 is 5.32 Å². The van der Waals surface area contributed by atoms with Gasteiger partial charge in [0.1, 0.15) is 12.1 Å². The third-order valence-corrected chi connectivity index (χ3v) is 5.88. The van der Waals surface area contributed by atoms with Gasteiger partial charge < -0.3 is 15.3 Å². The number of amides is 1. The summed E-state index contributed by atoms with van der Waals surface area (Å²) in [5.41, 5.74) is 1.51. The minimum atomic E-state index is -0.864. The van der Waals surface area contributed by atoms with Gasteiger partial charge in [0.2, 0.25) is 0 Å². The maximum Gasteiger partial charge on any atom is 0.255 e. The fourth-order valence-corrected chi connectivity index (χ4v) is 4.05. The molecule has 0 aliphatic carbocycles. The summed E-state index contributed by atoms with van der Waals surface area (Å²) < 4.78 is 0.987. The number of hydrogen-bond acceptors (Lipinski definition) is 7. The van der Waals surface area contributed by atoms with Crippen LogP contribution in [0.4, 0.5) is 5.82 Å². The van der Waals surface area contributed by atoms with Crippen LogP contribution in [0, 0.1) is 6.92 Å². The summed E-state index contributed by atoms with van der Waals surface area (Å²) in [6, 6.07) is 5.59. The molecular weight excluding hydrogens is 362 g/mol. The molecule has 1 aliphatic rings. The van der Waals surface area contributed by atoms with Crippen LogP contribution in [0.3, 0.4) is 0 Å². The van der Waals surface area contributed by atoms with E-state index in [9.17, 15) is 9.90 Å². The summed E-state index contributed by atoms with van der Waals surface area (Å²) in [6.45, 7) is 3.32. The standard InChI is InChI=1S/C19H21N5O2S/c1-13-2-3-14(10-20-13)18(25)24-7-5-19(26,6-8-24)11-21-17-16-15(4-9-27-16)22-12-23-17/h2-4,9-10,12,26H,5-8,11H2,1H3,(H,21,22,23). The lowest BCUT2D eigenvalue weighted by Gasteiger charge is -2.38. The highest BCUT2D eigenvalue weighted by atomic mass is 32.1. The SMILES string of the molecule is Cc1ccc(C(=O)N2CCC(O)(CNc3ncnc4ccsc34)CC2)cn1. The Morgan fingerprint density at radius 2 is 2.07 bits per heavy atom. The van der Waals surface area contributed by atoms with Crippen LogP contribution in [-0.4, -0.2) is 56.1 Å². The third kappa shape index (κ3) is 3.77. The van der Waals surface area contributed by atoms with Crippen LogP contribution in [0.15, 0.2) is 36.1 Å². The number of pyridine rings is 1. The van der Waals surface area contributed by atoms with E-state index < -0.39 is 5.60 Å². The molecule has 1 saturated heterocycles. The molecule has 0 bridgehead atoms. The quantitative estimate of drug-likeness (QED) is 0.719. The van der Waals surface area contributed by atoms with Gasteiger partial charge in [0, 0.05) is 31.5 Å². The van der Waals surface area contributed by atoms with Crippen LogP contribution in [0.25, 0.3) is 10.2 Å². The summed E-state index contributed by atoms with van der Waals surface area (Å²) >= 11 is 1.57. The van der Waals surface area contributed by atoms with Gasteiger partial charge in [0.25, 0.3) is 5.91 Å². The van der Waals surface area contributed by atoms with Gasteiger partial charge in [-0.1, -0.05) is 0 Å². The molecule has 0 radical (unpaired) electrons. The number of aromatic nitrogens is 3. The van der Waals surface area contributed by atoms with E-state index in [4.69, 9.17) is 0 Å². The summed E-state index contributed by atoms with van der Waals surface area (Å²) in [5.74, 6) is 0.710. The van der Waals surface area contributed by atoms with Crippen molar-refractivity contribution in [1.82, 2.24) is 19.9 Å². The topological polar surface area (TPSA) is 91.2 Å². The molecule has 0 saturated carbocycles. The Kier molecular flexibility index (Phi) is 4.75. The first-order valence-electron chi connectivity index (χ1n) is 8.90. The van der Waals surface area contributed by atoms with E-state index in [1.165, 1.54) is 6.33 Å². The second kappa shape index (κ2) is 7.21. The normalized spacial score (nSPS) is 16.4. The van der Waals surface area contributed by atoms with Crippen molar-refractivity contribution in [3.05, 3.63) is 47.4 Å². The second-order valence-electron chi connectivity index (χ2n) is 6.92. The molecule has 0 aromatic carbocycles. The molecule has 7 nitrogen and oxygen atoms in total. The highest BCUT2D eigenvalue weighted by Gasteiger charge is 2.34. The molecule has 3 aromatic heterocycles. The Morgan fingerprint density at radius 1 is 1.26 bits per heavy atom. The third-order valence-electron chi connectivity index (χ3n) is 4.97. The lowest BCUT2D eigenvalue weighted by molar-refractivity contribution is -0.00646. The van der Waals surface area contributed by atoms with Crippen molar-refractivity contribution in [3.8, 4) is 0 Å². The molecule has 0 atom stereocenters. The van der Waals surface area contributed by atoms with E-state index in [-0.39, 0.29) is 5.91 Å². The summed E-state index contributed by atoms with van der Waals surface area (Å²) in [4.78, 5) is 27.1. The van der Waals surface area contributed by atoms with Gasteiger partial charge in [-0.2, -0.15) is 0 Å². The van der Waals surface area contributed by atoms with Gasteiger partial charge in [0.05, 0.1) is 21.4 Å². The zero-order valence-corrected chi connectivity index (χ0v) is 15.9. The molecule has 2 N–H and O–H groups in total. The fourth-order valence-electron chi connectivity index (χ4n) is 3.24. The number of anilines is 1. The predicted octanol–water partition coefficient (Wildman–Crippen LogP) is 2.47. The van der Waals surface area contributed by atoms with Crippen molar-refractivity contribution in [2.75, 3.05) is 25.0 Å². The predicted molar refractivity (Wildman–Crippen MR) is 105 cm³/mol. The number of piperidine rings is 1. The van der Waals surface area contributed by atoms with E-state index in [0.29, 0.717) is 38.0 Å². The number of nitrogens with one attached hydrogen (secondary N) is 1. The van der Waals surface area contributed by atoms with E-state index in [1.807, 2.05) is 24.4 Å². The Balaban J connectivity index is 1.37. The van der Waals surface area contributed by atoms with E-state index >= 15 is 0 Å². The van der Waals surface area contributed by atoms with Crippen LogP contribution in [0.5, 0.6) is 0 Å². The van der Waals surface area contributed by atoms with Crippen molar-refractivity contribution in [2.45, 2.75) is 25.4 Å². The number of carbonyl (C=O) groups excluding carboxylic acids is 1. The molecule has 1 amide bonds. The van der Waals surface area contributed by atoms with Gasteiger partial charge in [-0.05, 0) is 43.3 Å². The first-order chi connectivity index (χ1) is 13.0. The number of aliphatic hydroxyl groups is 1. The minimum Gasteiger partial charge on any atom is -0.388 e. The zero-order chi connectivity index (χ0) is 18.9. The molecule has 3 aromatic rings. The van der Waals surface area contributed by atoms with Crippen LogP contribution in [0.1, 0.15) is 28.9 Å².